The Morgan fingerprint density at radius 3 is 2.79 bits per heavy atom. The Bertz CT molecular complexity index is 917. The first kappa shape index (κ1) is 16.8. The van der Waals surface area contributed by atoms with E-state index in [-0.39, 0.29) is 16.0 Å². The fourth-order valence-electron chi connectivity index (χ4n) is 1.87. The summed E-state index contributed by atoms with van der Waals surface area (Å²) in [6.07, 6.45) is 1.54. The van der Waals surface area contributed by atoms with Crippen molar-refractivity contribution in [1.29, 1.82) is 0 Å². The SMILES string of the molecule is Cc1ccsc1/C=C(/Sc1nnc(-c2ccccc2Cl)o1)C(=O)[O-]. The van der Waals surface area contributed by atoms with Crippen LogP contribution in [0.3, 0.4) is 0 Å². The van der Waals surface area contributed by atoms with Crippen LogP contribution in [0.25, 0.3) is 17.5 Å². The Morgan fingerprint density at radius 2 is 2.12 bits per heavy atom. The first-order valence-electron chi connectivity index (χ1n) is 6.78. The monoisotopic (exact) mass is 377 g/mol. The van der Waals surface area contributed by atoms with E-state index in [1.807, 2.05) is 18.4 Å². The van der Waals surface area contributed by atoms with Gasteiger partial charge in [-0.1, -0.05) is 23.7 Å². The summed E-state index contributed by atoms with van der Waals surface area (Å²) in [5.41, 5.74) is 1.58. The van der Waals surface area contributed by atoms with E-state index in [1.165, 1.54) is 11.3 Å². The summed E-state index contributed by atoms with van der Waals surface area (Å²) in [6, 6.07) is 8.95. The van der Waals surface area contributed by atoms with Gasteiger partial charge >= 0.3 is 0 Å². The summed E-state index contributed by atoms with van der Waals surface area (Å²) in [7, 11) is 0. The third kappa shape index (κ3) is 3.69. The van der Waals surface area contributed by atoms with Gasteiger partial charge in [-0.25, -0.2) is 0 Å². The van der Waals surface area contributed by atoms with Crippen LogP contribution in [0.4, 0.5) is 0 Å². The van der Waals surface area contributed by atoms with Crippen molar-refractivity contribution in [3.05, 3.63) is 56.1 Å². The molecule has 0 spiro atoms. The number of thiophene rings is 1. The van der Waals surface area contributed by atoms with Crippen LogP contribution in [0, 0.1) is 6.92 Å². The number of thioether (sulfide) groups is 1. The Labute approximate surface area is 151 Å². The lowest BCUT2D eigenvalue weighted by Crippen LogP contribution is -2.22. The van der Waals surface area contributed by atoms with E-state index in [2.05, 4.69) is 10.2 Å². The number of carboxylic acid groups (broad SMARTS) is 1. The molecule has 0 saturated heterocycles. The van der Waals surface area contributed by atoms with Crippen LogP contribution in [0.15, 0.2) is 50.3 Å². The van der Waals surface area contributed by atoms with Gasteiger partial charge in [-0.05, 0) is 53.9 Å². The molecule has 0 N–H and O–H groups in total. The Hall–Kier alpha value is -2.09. The number of hydrogen-bond donors (Lipinski definition) is 0. The zero-order valence-electron chi connectivity index (χ0n) is 12.4. The second kappa shape index (κ2) is 7.21. The number of rotatable bonds is 5. The second-order valence-electron chi connectivity index (χ2n) is 4.72. The number of aliphatic carboxylic acids is 1. The summed E-state index contributed by atoms with van der Waals surface area (Å²) in [4.78, 5) is 12.2. The van der Waals surface area contributed by atoms with Crippen molar-refractivity contribution in [2.24, 2.45) is 0 Å². The molecule has 2 aromatic heterocycles. The van der Waals surface area contributed by atoms with Crippen LogP contribution in [0.1, 0.15) is 10.4 Å². The molecule has 0 saturated carbocycles. The second-order valence-corrected chi connectivity index (χ2v) is 7.07. The normalized spacial score (nSPS) is 11.7. The number of nitrogens with zero attached hydrogens (tertiary/aromatic N) is 2. The predicted molar refractivity (Wildman–Crippen MR) is 92.6 cm³/mol. The average Bonchev–Trinajstić information content (AvgIpc) is 3.17. The number of carboxylic acids is 1. The Kier molecular flexibility index (Phi) is 5.03. The molecule has 3 aromatic rings. The van der Waals surface area contributed by atoms with Gasteiger partial charge in [0.05, 0.1) is 16.6 Å². The first-order valence-corrected chi connectivity index (χ1v) is 8.85. The minimum Gasteiger partial charge on any atom is -0.544 e. The molecule has 5 nitrogen and oxygen atoms in total. The van der Waals surface area contributed by atoms with E-state index in [9.17, 15) is 9.90 Å². The van der Waals surface area contributed by atoms with E-state index >= 15 is 0 Å². The molecular weight excluding hydrogens is 368 g/mol. The van der Waals surface area contributed by atoms with Crippen LogP contribution in [-0.4, -0.2) is 16.2 Å². The van der Waals surface area contributed by atoms with Crippen LogP contribution in [-0.2, 0) is 4.79 Å². The summed E-state index contributed by atoms with van der Waals surface area (Å²) >= 11 is 8.38. The maximum Gasteiger partial charge on any atom is 0.281 e. The molecule has 0 radical (unpaired) electrons. The van der Waals surface area contributed by atoms with E-state index in [0.29, 0.717) is 10.6 Å². The quantitative estimate of drug-likeness (QED) is 0.499. The lowest BCUT2D eigenvalue weighted by Gasteiger charge is -2.05. The third-order valence-electron chi connectivity index (χ3n) is 3.07. The summed E-state index contributed by atoms with van der Waals surface area (Å²) in [6.45, 7) is 1.90. The fraction of sp³-hybridized carbons (Fsp3) is 0.0625. The van der Waals surface area contributed by atoms with Crippen LogP contribution in [0.2, 0.25) is 5.02 Å². The summed E-state index contributed by atoms with van der Waals surface area (Å²) in [5, 5.41) is 21.6. The van der Waals surface area contributed by atoms with Crippen molar-refractivity contribution < 1.29 is 14.3 Å². The van der Waals surface area contributed by atoms with Gasteiger partial charge in [0, 0.05) is 9.78 Å². The highest BCUT2D eigenvalue weighted by Crippen LogP contribution is 2.32. The maximum absolute atomic E-state index is 11.4. The molecule has 0 fully saturated rings. The number of carbonyl (C=O) groups excluding carboxylic acids is 1. The van der Waals surface area contributed by atoms with Crippen LogP contribution in [0.5, 0.6) is 0 Å². The van der Waals surface area contributed by atoms with Gasteiger partial charge in [0.1, 0.15) is 0 Å². The summed E-state index contributed by atoms with van der Waals surface area (Å²) in [5.74, 6) is -1.07. The highest BCUT2D eigenvalue weighted by atomic mass is 35.5. The Balaban J connectivity index is 1.87. The minimum absolute atomic E-state index is 0.00471. The molecule has 0 unspecified atom stereocenters. The molecule has 2 heterocycles. The highest BCUT2D eigenvalue weighted by molar-refractivity contribution is 8.03. The average molecular weight is 378 g/mol. The largest absolute Gasteiger partial charge is 0.544 e. The molecule has 3 rings (SSSR count). The predicted octanol–water partition coefficient (Wildman–Crippen LogP) is 3.64. The van der Waals surface area contributed by atoms with Crippen molar-refractivity contribution in [2.75, 3.05) is 0 Å². The van der Waals surface area contributed by atoms with E-state index in [4.69, 9.17) is 16.0 Å². The molecule has 0 atom stereocenters. The van der Waals surface area contributed by atoms with E-state index in [1.54, 1.807) is 30.3 Å². The van der Waals surface area contributed by atoms with Gasteiger partial charge < -0.3 is 14.3 Å². The number of hydrogen-bond acceptors (Lipinski definition) is 7. The first-order chi connectivity index (χ1) is 11.5. The van der Waals surface area contributed by atoms with E-state index in [0.717, 1.165) is 22.2 Å². The molecule has 0 aliphatic carbocycles. The maximum atomic E-state index is 11.4. The van der Waals surface area contributed by atoms with Crippen LogP contribution < -0.4 is 5.11 Å². The fourth-order valence-corrected chi connectivity index (χ4v) is 3.67. The lowest BCUT2D eigenvalue weighted by atomic mass is 10.2. The van der Waals surface area contributed by atoms with Gasteiger partial charge in [-0.15, -0.1) is 21.5 Å². The molecule has 122 valence electrons. The Morgan fingerprint density at radius 1 is 1.33 bits per heavy atom. The zero-order valence-corrected chi connectivity index (χ0v) is 14.7. The molecular formula is C16H10ClN2O3S2-. The van der Waals surface area contributed by atoms with Gasteiger partial charge in [-0.2, -0.15) is 0 Å². The number of carbonyl (C=O) groups is 1. The molecule has 24 heavy (non-hydrogen) atoms. The van der Waals surface area contributed by atoms with Gasteiger partial charge in [0.2, 0.25) is 5.89 Å². The molecule has 0 amide bonds. The molecule has 8 heteroatoms. The van der Waals surface area contributed by atoms with Crippen LogP contribution >= 0.6 is 34.7 Å². The van der Waals surface area contributed by atoms with Crippen molar-refractivity contribution in [2.45, 2.75) is 12.1 Å². The lowest BCUT2D eigenvalue weighted by molar-refractivity contribution is -0.298. The smallest absolute Gasteiger partial charge is 0.281 e. The van der Waals surface area contributed by atoms with Gasteiger partial charge in [-0.3, -0.25) is 0 Å². The summed E-state index contributed by atoms with van der Waals surface area (Å²) < 4.78 is 5.51. The number of aromatic nitrogens is 2. The van der Waals surface area contributed by atoms with E-state index < -0.39 is 5.97 Å². The van der Waals surface area contributed by atoms with Gasteiger partial charge in [0.25, 0.3) is 5.22 Å². The molecule has 1 aromatic carbocycles. The topological polar surface area (TPSA) is 79.0 Å². The van der Waals surface area contributed by atoms with Crippen molar-refractivity contribution in [3.63, 3.8) is 0 Å². The number of benzene rings is 1. The molecule has 0 aliphatic rings. The minimum atomic E-state index is -1.30. The van der Waals surface area contributed by atoms with Crippen molar-refractivity contribution >= 4 is 46.7 Å². The number of aryl methyl sites for hydroxylation is 1. The standard InChI is InChI=1S/C16H11ClN2O3S2/c1-9-6-7-23-12(9)8-13(15(20)21)24-16-19-18-14(22-16)10-4-2-3-5-11(10)17/h2-8H,1H3,(H,20,21)/p-1/b13-8+. The van der Waals surface area contributed by atoms with Crippen molar-refractivity contribution in [3.8, 4) is 11.5 Å². The number of halogens is 1. The van der Waals surface area contributed by atoms with Gasteiger partial charge in [0.15, 0.2) is 0 Å². The van der Waals surface area contributed by atoms with Crippen molar-refractivity contribution in [1.82, 2.24) is 10.2 Å². The highest BCUT2D eigenvalue weighted by Gasteiger charge is 2.14. The molecule has 0 bridgehead atoms. The third-order valence-corrected chi connectivity index (χ3v) is 5.21. The molecule has 0 aliphatic heterocycles. The zero-order chi connectivity index (χ0) is 17.1.